The molecule has 1 rings (SSSR count). The zero-order valence-corrected chi connectivity index (χ0v) is 15.5. The first-order valence-electron chi connectivity index (χ1n) is 8.57. The summed E-state index contributed by atoms with van der Waals surface area (Å²) in [6.45, 7) is 4.88. The standard InChI is InChI=1S/C17H25F3N2O4/c1-5-7-9-12(23)21-16(17(18,19)20)13(14(24)26-4)11(3)22(15(16)25)10-8-6-2/h5-10H2,1-4H3,(H,21,23)/t16-/m0/s1. The molecule has 0 aromatic carbocycles. The van der Waals surface area contributed by atoms with Crippen molar-refractivity contribution >= 4 is 17.8 Å². The van der Waals surface area contributed by atoms with Gasteiger partial charge in [0.15, 0.2) is 0 Å². The number of methoxy groups -OCH3 is 1. The number of carbonyl (C=O) groups excluding carboxylic acids is 3. The number of nitrogens with zero attached hydrogens (tertiary/aromatic N) is 1. The lowest BCUT2D eigenvalue weighted by Gasteiger charge is -2.33. The molecule has 0 aliphatic carbocycles. The number of halogens is 3. The summed E-state index contributed by atoms with van der Waals surface area (Å²) in [6.07, 6.45) is -3.31. The fourth-order valence-corrected chi connectivity index (χ4v) is 2.92. The Morgan fingerprint density at radius 1 is 1.19 bits per heavy atom. The second kappa shape index (κ2) is 8.55. The van der Waals surface area contributed by atoms with E-state index < -0.39 is 35.1 Å². The highest BCUT2D eigenvalue weighted by Gasteiger charge is 2.70. The number of nitrogens with one attached hydrogen (secondary N) is 1. The van der Waals surface area contributed by atoms with E-state index in [0.29, 0.717) is 25.7 Å². The van der Waals surface area contributed by atoms with Crippen LogP contribution in [0.4, 0.5) is 13.2 Å². The summed E-state index contributed by atoms with van der Waals surface area (Å²) in [5, 5.41) is 1.81. The van der Waals surface area contributed by atoms with Gasteiger partial charge < -0.3 is 15.0 Å². The van der Waals surface area contributed by atoms with Crippen molar-refractivity contribution in [3.8, 4) is 0 Å². The van der Waals surface area contributed by atoms with E-state index in [9.17, 15) is 27.6 Å². The monoisotopic (exact) mass is 378 g/mol. The maximum atomic E-state index is 14.1. The number of hydrogen-bond acceptors (Lipinski definition) is 4. The average Bonchev–Trinajstić information content (AvgIpc) is 2.78. The van der Waals surface area contributed by atoms with E-state index in [4.69, 9.17) is 0 Å². The number of rotatable bonds is 8. The molecule has 148 valence electrons. The zero-order valence-electron chi connectivity index (χ0n) is 15.5. The molecule has 2 amide bonds. The number of allylic oxidation sites excluding steroid dienone is 1. The molecule has 1 N–H and O–H groups in total. The van der Waals surface area contributed by atoms with Gasteiger partial charge in [-0.3, -0.25) is 9.59 Å². The molecule has 9 heteroatoms. The molecule has 6 nitrogen and oxygen atoms in total. The Kier molecular flexibility index (Phi) is 7.23. The Morgan fingerprint density at radius 2 is 1.77 bits per heavy atom. The fourth-order valence-electron chi connectivity index (χ4n) is 2.92. The Balaban J connectivity index is 3.50. The van der Waals surface area contributed by atoms with Gasteiger partial charge in [0, 0.05) is 18.7 Å². The second-order valence-corrected chi connectivity index (χ2v) is 6.16. The molecule has 1 aliphatic heterocycles. The van der Waals surface area contributed by atoms with Gasteiger partial charge in [-0.15, -0.1) is 0 Å². The summed E-state index contributed by atoms with van der Waals surface area (Å²) in [4.78, 5) is 37.9. The van der Waals surface area contributed by atoms with Crippen LogP contribution in [0.25, 0.3) is 0 Å². The van der Waals surface area contributed by atoms with Crippen molar-refractivity contribution in [3.63, 3.8) is 0 Å². The number of ether oxygens (including phenoxy) is 1. The largest absolute Gasteiger partial charge is 0.466 e. The number of unbranched alkanes of at least 4 members (excludes halogenated alkanes) is 2. The SMILES string of the molecule is CCCCC(=O)N[C@]1(C(F)(F)F)C(=O)N(CCCC)C(C)=C1C(=O)OC. The molecule has 1 heterocycles. The van der Waals surface area contributed by atoms with Crippen molar-refractivity contribution in [1.29, 1.82) is 0 Å². The van der Waals surface area contributed by atoms with E-state index in [-0.39, 0.29) is 18.7 Å². The fraction of sp³-hybridized carbons (Fsp3) is 0.706. The van der Waals surface area contributed by atoms with Gasteiger partial charge in [0.2, 0.25) is 11.4 Å². The van der Waals surface area contributed by atoms with Crippen LogP contribution in [-0.2, 0) is 19.1 Å². The molecule has 0 radical (unpaired) electrons. The number of alkyl halides is 3. The van der Waals surface area contributed by atoms with Crippen molar-refractivity contribution in [2.24, 2.45) is 0 Å². The third kappa shape index (κ3) is 3.86. The predicted octanol–water partition coefficient (Wildman–Crippen LogP) is 2.68. The van der Waals surface area contributed by atoms with Gasteiger partial charge in [-0.1, -0.05) is 26.7 Å². The molecular weight excluding hydrogens is 353 g/mol. The lowest BCUT2D eigenvalue weighted by molar-refractivity contribution is -0.196. The molecular formula is C17H25F3N2O4. The zero-order chi connectivity index (χ0) is 20.1. The van der Waals surface area contributed by atoms with E-state index in [1.807, 2.05) is 6.92 Å². The quantitative estimate of drug-likeness (QED) is 0.659. The van der Waals surface area contributed by atoms with Crippen molar-refractivity contribution in [3.05, 3.63) is 11.3 Å². The first-order chi connectivity index (χ1) is 12.1. The number of amides is 2. The molecule has 0 fully saturated rings. The molecule has 0 aromatic heterocycles. The van der Waals surface area contributed by atoms with Crippen molar-refractivity contribution < 1.29 is 32.3 Å². The van der Waals surface area contributed by atoms with E-state index in [0.717, 1.165) is 12.0 Å². The van der Waals surface area contributed by atoms with Crippen LogP contribution >= 0.6 is 0 Å². The molecule has 26 heavy (non-hydrogen) atoms. The van der Waals surface area contributed by atoms with Crippen LogP contribution in [0.15, 0.2) is 11.3 Å². The van der Waals surface area contributed by atoms with Gasteiger partial charge in [-0.25, -0.2) is 4.79 Å². The normalized spacial score (nSPS) is 20.6. The van der Waals surface area contributed by atoms with E-state index in [1.54, 1.807) is 12.2 Å². The van der Waals surface area contributed by atoms with E-state index in [1.165, 1.54) is 6.92 Å². The minimum atomic E-state index is -5.20. The minimum Gasteiger partial charge on any atom is -0.466 e. The molecule has 0 aromatic rings. The highest BCUT2D eigenvalue weighted by atomic mass is 19.4. The molecule has 0 spiro atoms. The van der Waals surface area contributed by atoms with Crippen LogP contribution < -0.4 is 5.32 Å². The Hall–Kier alpha value is -2.06. The molecule has 1 aliphatic rings. The number of carbonyl (C=O) groups is 3. The second-order valence-electron chi connectivity index (χ2n) is 6.16. The van der Waals surface area contributed by atoms with Gasteiger partial charge in [0.25, 0.3) is 5.91 Å². The lowest BCUT2D eigenvalue weighted by Crippen LogP contribution is -2.66. The van der Waals surface area contributed by atoms with Crippen LogP contribution in [0.5, 0.6) is 0 Å². The Bertz CT molecular complexity index is 601. The number of esters is 1. The summed E-state index contributed by atoms with van der Waals surface area (Å²) in [5.41, 5.74) is -4.44. The van der Waals surface area contributed by atoms with Crippen LogP contribution in [0.2, 0.25) is 0 Å². The average molecular weight is 378 g/mol. The summed E-state index contributed by atoms with van der Waals surface area (Å²) >= 11 is 0. The maximum Gasteiger partial charge on any atom is 0.425 e. The molecule has 0 unspecified atom stereocenters. The van der Waals surface area contributed by atoms with E-state index >= 15 is 0 Å². The van der Waals surface area contributed by atoms with Gasteiger partial charge in [-0.05, 0) is 19.8 Å². The van der Waals surface area contributed by atoms with Crippen molar-refractivity contribution in [2.75, 3.05) is 13.7 Å². The summed E-state index contributed by atoms with van der Waals surface area (Å²) in [7, 11) is 0.932. The minimum absolute atomic E-state index is 0.0182. The highest BCUT2D eigenvalue weighted by molar-refractivity contribution is 6.10. The molecule has 1 atom stereocenters. The van der Waals surface area contributed by atoms with Gasteiger partial charge in [-0.2, -0.15) is 13.2 Å². The predicted molar refractivity (Wildman–Crippen MR) is 87.8 cm³/mol. The van der Waals surface area contributed by atoms with Gasteiger partial charge in [0.1, 0.15) is 5.57 Å². The Morgan fingerprint density at radius 3 is 2.23 bits per heavy atom. The topological polar surface area (TPSA) is 75.7 Å². The lowest BCUT2D eigenvalue weighted by atomic mass is 9.89. The maximum absolute atomic E-state index is 14.1. The van der Waals surface area contributed by atoms with Crippen LogP contribution in [0, 0.1) is 0 Å². The van der Waals surface area contributed by atoms with Crippen LogP contribution in [0.3, 0.4) is 0 Å². The summed E-state index contributed by atoms with van der Waals surface area (Å²) < 4.78 is 46.7. The number of hydrogen-bond donors (Lipinski definition) is 1. The van der Waals surface area contributed by atoms with Crippen LogP contribution in [0.1, 0.15) is 52.9 Å². The third-order valence-corrected chi connectivity index (χ3v) is 4.34. The summed E-state index contributed by atoms with van der Waals surface area (Å²) in [6, 6.07) is 0. The highest BCUT2D eigenvalue weighted by Crippen LogP contribution is 2.45. The molecule has 0 saturated carbocycles. The summed E-state index contributed by atoms with van der Waals surface area (Å²) in [5.74, 6) is -3.60. The van der Waals surface area contributed by atoms with E-state index in [2.05, 4.69) is 4.74 Å². The van der Waals surface area contributed by atoms with Crippen molar-refractivity contribution in [2.45, 2.75) is 64.6 Å². The van der Waals surface area contributed by atoms with Gasteiger partial charge in [0.05, 0.1) is 7.11 Å². The van der Waals surface area contributed by atoms with Crippen LogP contribution in [-0.4, -0.2) is 48.1 Å². The molecule has 0 saturated heterocycles. The smallest absolute Gasteiger partial charge is 0.425 e. The molecule has 0 bridgehead atoms. The third-order valence-electron chi connectivity index (χ3n) is 4.34. The first kappa shape index (κ1) is 22.0. The Labute approximate surface area is 150 Å². The first-order valence-corrected chi connectivity index (χ1v) is 8.57. The van der Waals surface area contributed by atoms with Crippen molar-refractivity contribution in [1.82, 2.24) is 10.2 Å². The van der Waals surface area contributed by atoms with Gasteiger partial charge >= 0.3 is 12.1 Å².